The Morgan fingerprint density at radius 3 is 2.83 bits per heavy atom. The van der Waals surface area contributed by atoms with Crippen molar-refractivity contribution >= 4 is 22.5 Å². The van der Waals surface area contributed by atoms with Crippen LogP contribution in [0.5, 0.6) is 0 Å². The minimum Gasteiger partial charge on any atom is -0.461 e. The molecular formula is C18H13N3O3. The lowest BCUT2D eigenvalue weighted by molar-refractivity contribution is 0.101. The summed E-state index contributed by atoms with van der Waals surface area (Å²) in [5.74, 6) is 0.566. The van der Waals surface area contributed by atoms with E-state index in [4.69, 9.17) is 8.94 Å². The number of aryl methyl sites for hydroxylation is 1. The van der Waals surface area contributed by atoms with Gasteiger partial charge in [0.25, 0.3) is 5.91 Å². The minimum atomic E-state index is -0.357. The number of fused-ring (bicyclic) bond motifs is 1. The first-order valence-corrected chi connectivity index (χ1v) is 7.39. The molecular weight excluding hydrogens is 306 g/mol. The molecule has 1 aromatic carbocycles. The molecule has 0 fully saturated rings. The van der Waals surface area contributed by atoms with E-state index in [-0.39, 0.29) is 11.6 Å². The Bertz CT molecular complexity index is 1020. The number of carbonyl (C=O) groups is 1. The van der Waals surface area contributed by atoms with Crippen LogP contribution in [0.1, 0.15) is 16.2 Å². The molecule has 6 nitrogen and oxygen atoms in total. The summed E-state index contributed by atoms with van der Waals surface area (Å²) < 4.78 is 10.4. The number of nitrogens with zero attached hydrogens (tertiary/aromatic N) is 2. The van der Waals surface area contributed by atoms with Gasteiger partial charge in [-0.15, -0.1) is 0 Å². The van der Waals surface area contributed by atoms with Gasteiger partial charge in [-0.2, -0.15) is 0 Å². The lowest BCUT2D eigenvalue weighted by atomic mass is 10.1. The summed E-state index contributed by atoms with van der Waals surface area (Å²) in [6.45, 7) is 1.93. The summed E-state index contributed by atoms with van der Waals surface area (Å²) in [6.07, 6.45) is 1.53. The molecule has 0 aliphatic rings. The van der Waals surface area contributed by atoms with Crippen LogP contribution in [-0.2, 0) is 0 Å². The third-order valence-electron chi connectivity index (χ3n) is 3.63. The fourth-order valence-electron chi connectivity index (χ4n) is 2.47. The standard InChI is InChI=1S/C18H13N3O3/c1-11-7-8-12-13(19-11)4-2-5-14(12)20-18(22)15-10-17(24-21-15)16-6-3-9-23-16/h2-10H,1H3,(H,20,22). The quantitative estimate of drug-likeness (QED) is 0.616. The highest BCUT2D eigenvalue weighted by atomic mass is 16.5. The van der Waals surface area contributed by atoms with Gasteiger partial charge in [-0.3, -0.25) is 9.78 Å². The lowest BCUT2D eigenvalue weighted by Crippen LogP contribution is -2.12. The van der Waals surface area contributed by atoms with Crippen molar-refractivity contribution in [3.05, 3.63) is 66.2 Å². The van der Waals surface area contributed by atoms with Gasteiger partial charge >= 0.3 is 0 Å². The van der Waals surface area contributed by atoms with Gasteiger partial charge in [0.05, 0.1) is 17.5 Å². The summed E-state index contributed by atoms with van der Waals surface area (Å²) in [6, 6.07) is 14.4. The molecule has 3 aromatic heterocycles. The van der Waals surface area contributed by atoms with Crippen molar-refractivity contribution in [2.75, 3.05) is 5.32 Å². The van der Waals surface area contributed by atoms with E-state index in [0.717, 1.165) is 16.6 Å². The number of hydrogen-bond donors (Lipinski definition) is 1. The van der Waals surface area contributed by atoms with Gasteiger partial charge in [0.2, 0.25) is 5.76 Å². The maximum absolute atomic E-state index is 12.4. The van der Waals surface area contributed by atoms with Crippen LogP contribution in [0.4, 0.5) is 5.69 Å². The fourth-order valence-corrected chi connectivity index (χ4v) is 2.47. The first kappa shape index (κ1) is 14.2. The first-order chi connectivity index (χ1) is 11.7. The number of amides is 1. The summed E-state index contributed by atoms with van der Waals surface area (Å²) >= 11 is 0. The van der Waals surface area contributed by atoms with Gasteiger partial charge in [-0.25, -0.2) is 0 Å². The molecule has 0 aliphatic carbocycles. The second kappa shape index (κ2) is 5.66. The first-order valence-electron chi connectivity index (χ1n) is 7.39. The van der Waals surface area contributed by atoms with Crippen molar-refractivity contribution in [3.63, 3.8) is 0 Å². The molecule has 0 radical (unpaired) electrons. The van der Waals surface area contributed by atoms with E-state index in [1.54, 1.807) is 18.2 Å². The van der Waals surface area contributed by atoms with Crippen LogP contribution >= 0.6 is 0 Å². The van der Waals surface area contributed by atoms with Gasteiger partial charge in [0.1, 0.15) is 0 Å². The second-order valence-electron chi connectivity index (χ2n) is 5.33. The molecule has 3 heterocycles. The number of rotatable bonds is 3. The van der Waals surface area contributed by atoms with E-state index in [1.165, 1.54) is 6.26 Å². The normalized spacial score (nSPS) is 10.9. The molecule has 118 valence electrons. The molecule has 0 spiro atoms. The minimum absolute atomic E-state index is 0.179. The zero-order valence-corrected chi connectivity index (χ0v) is 12.8. The predicted molar refractivity (Wildman–Crippen MR) is 88.6 cm³/mol. The Morgan fingerprint density at radius 1 is 1.08 bits per heavy atom. The van der Waals surface area contributed by atoms with Crippen LogP contribution in [0.3, 0.4) is 0 Å². The highest BCUT2D eigenvalue weighted by molar-refractivity contribution is 6.07. The molecule has 0 aliphatic heterocycles. The number of benzene rings is 1. The van der Waals surface area contributed by atoms with Crippen molar-refractivity contribution in [1.82, 2.24) is 10.1 Å². The number of furan rings is 1. The van der Waals surface area contributed by atoms with Crippen LogP contribution in [0.2, 0.25) is 0 Å². The summed E-state index contributed by atoms with van der Waals surface area (Å²) in [5.41, 5.74) is 2.60. The van der Waals surface area contributed by atoms with Gasteiger partial charge in [-0.1, -0.05) is 11.2 Å². The van der Waals surface area contributed by atoms with Crippen molar-refractivity contribution in [3.8, 4) is 11.5 Å². The Balaban J connectivity index is 1.63. The summed E-state index contributed by atoms with van der Waals surface area (Å²) in [5, 5.41) is 7.51. The number of anilines is 1. The van der Waals surface area contributed by atoms with Crippen LogP contribution < -0.4 is 5.32 Å². The third-order valence-corrected chi connectivity index (χ3v) is 3.63. The Hall–Kier alpha value is -3.41. The van der Waals surface area contributed by atoms with E-state index in [9.17, 15) is 4.79 Å². The largest absolute Gasteiger partial charge is 0.461 e. The average molecular weight is 319 g/mol. The highest BCUT2D eigenvalue weighted by Crippen LogP contribution is 2.24. The molecule has 0 saturated carbocycles. The van der Waals surface area contributed by atoms with E-state index in [2.05, 4.69) is 15.5 Å². The molecule has 1 N–H and O–H groups in total. The maximum Gasteiger partial charge on any atom is 0.277 e. The molecule has 0 unspecified atom stereocenters. The van der Waals surface area contributed by atoms with Crippen molar-refractivity contribution in [1.29, 1.82) is 0 Å². The van der Waals surface area contributed by atoms with Crippen LogP contribution in [0, 0.1) is 6.92 Å². The van der Waals surface area contributed by atoms with E-state index < -0.39 is 0 Å². The monoisotopic (exact) mass is 319 g/mol. The van der Waals surface area contributed by atoms with E-state index in [1.807, 2.05) is 37.3 Å². The van der Waals surface area contributed by atoms with Crippen molar-refractivity contribution < 1.29 is 13.7 Å². The Morgan fingerprint density at radius 2 is 2.00 bits per heavy atom. The SMILES string of the molecule is Cc1ccc2c(NC(=O)c3cc(-c4ccco4)on3)cccc2n1. The second-order valence-corrected chi connectivity index (χ2v) is 5.33. The van der Waals surface area contributed by atoms with Gasteiger partial charge in [-0.05, 0) is 43.3 Å². The number of carbonyl (C=O) groups excluding carboxylic acids is 1. The highest BCUT2D eigenvalue weighted by Gasteiger charge is 2.16. The molecule has 1 amide bonds. The molecule has 0 atom stereocenters. The van der Waals surface area contributed by atoms with Crippen LogP contribution in [-0.4, -0.2) is 16.0 Å². The number of hydrogen-bond acceptors (Lipinski definition) is 5. The van der Waals surface area contributed by atoms with Crippen LogP contribution in [0.15, 0.2) is 63.7 Å². The number of nitrogens with one attached hydrogen (secondary N) is 1. The average Bonchev–Trinajstić information content (AvgIpc) is 3.26. The van der Waals surface area contributed by atoms with Crippen molar-refractivity contribution in [2.45, 2.75) is 6.92 Å². The van der Waals surface area contributed by atoms with Gasteiger partial charge in [0.15, 0.2) is 11.5 Å². The fraction of sp³-hybridized carbons (Fsp3) is 0.0556. The zero-order valence-electron chi connectivity index (χ0n) is 12.8. The lowest BCUT2D eigenvalue weighted by Gasteiger charge is -2.07. The molecule has 24 heavy (non-hydrogen) atoms. The molecule has 6 heteroatoms. The third kappa shape index (κ3) is 2.54. The van der Waals surface area contributed by atoms with E-state index in [0.29, 0.717) is 17.2 Å². The molecule has 0 saturated heterocycles. The van der Waals surface area contributed by atoms with Crippen LogP contribution in [0.25, 0.3) is 22.4 Å². The number of aromatic nitrogens is 2. The topological polar surface area (TPSA) is 81.2 Å². The summed E-state index contributed by atoms with van der Waals surface area (Å²) in [7, 11) is 0. The van der Waals surface area contributed by atoms with E-state index >= 15 is 0 Å². The Labute approximate surface area is 137 Å². The van der Waals surface area contributed by atoms with Gasteiger partial charge in [0, 0.05) is 17.1 Å². The predicted octanol–water partition coefficient (Wildman–Crippen LogP) is 4.04. The summed E-state index contributed by atoms with van der Waals surface area (Å²) in [4.78, 5) is 16.9. The number of pyridine rings is 1. The molecule has 4 aromatic rings. The maximum atomic E-state index is 12.4. The molecule has 4 rings (SSSR count). The van der Waals surface area contributed by atoms with Crippen molar-refractivity contribution in [2.24, 2.45) is 0 Å². The Kier molecular flexibility index (Phi) is 3.35. The molecule has 0 bridgehead atoms. The smallest absolute Gasteiger partial charge is 0.277 e. The van der Waals surface area contributed by atoms with Gasteiger partial charge < -0.3 is 14.3 Å². The zero-order chi connectivity index (χ0) is 16.5.